The summed E-state index contributed by atoms with van der Waals surface area (Å²) in [5.74, 6) is -1.60. The summed E-state index contributed by atoms with van der Waals surface area (Å²) in [4.78, 5) is 50.9. The van der Waals surface area contributed by atoms with E-state index >= 15 is 0 Å². The number of hydrogen-bond donors (Lipinski definition) is 0. The summed E-state index contributed by atoms with van der Waals surface area (Å²) in [7, 11) is 1.21. The average Bonchev–Trinajstić information content (AvgIpc) is 2.95. The maximum absolute atomic E-state index is 12.6. The van der Waals surface area contributed by atoms with Crippen molar-refractivity contribution in [1.82, 2.24) is 14.7 Å². The fourth-order valence-corrected chi connectivity index (χ4v) is 3.02. The molecule has 30 heavy (non-hydrogen) atoms. The van der Waals surface area contributed by atoms with E-state index in [1.165, 1.54) is 11.9 Å². The van der Waals surface area contributed by atoms with Crippen LogP contribution in [-0.4, -0.2) is 58.6 Å². The van der Waals surface area contributed by atoms with Crippen LogP contribution in [0.3, 0.4) is 0 Å². The van der Waals surface area contributed by atoms with Gasteiger partial charge in [-0.15, -0.1) is 0 Å². The number of carbonyl (C=O) groups excluding carboxylic acids is 4. The molecule has 1 saturated heterocycles. The van der Waals surface area contributed by atoms with E-state index in [0.717, 1.165) is 11.1 Å². The number of ether oxygens (including phenoxy) is 1. The zero-order valence-corrected chi connectivity index (χ0v) is 16.9. The molecule has 0 saturated carbocycles. The number of likely N-dealkylation sites (N-methyl/N-ethyl adjacent to an activating group) is 2. The van der Waals surface area contributed by atoms with E-state index in [4.69, 9.17) is 4.74 Å². The predicted molar refractivity (Wildman–Crippen MR) is 108 cm³/mol. The number of urea groups is 1. The Balaban J connectivity index is 1.57. The maximum atomic E-state index is 12.6. The lowest BCUT2D eigenvalue weighted by Crippen LogP contribution is -2.43. The van der Waals surface area contributed by atoms with Crippen LogP contribution in [0.1, 0.15) is 18.1 Å². The highest BCUT2D eigenvalue weighted by Gasteiger charge is 2.43. The number of nitrogens with zero attached hydrogens (tertiary/aromatic N) is 3. The molecule has 1 heterocycles. The SMILES string of the molecule is CCN(Cc1ccc(OCc2ccccc2)cc1)C(=O)CN1C(=O)C(=O)N(C)C1=O. The van der Waals surface area contributed by atoms with Gasteiger partial charge in [0, 0.05) is 20.1 Å². The second-order valence-electron chi connectivity index (χ2n) is 6.86. The summed E-state index contributed by atoms with van der Waals surface area (Å²) >= 11 is 0. The van der Waals surface area contributed by atoms with Gasteiger partial charge in [-0.3, -0.25) is 19.3 Å². The average molecular weight is 409 g/mol. The number of rotatable bonds is 8. The van der Waals surface area contributed by atoms with Crippen LogP contribution in [0.2, 0.25) is 0 Å². The third-order valence-corrected chi connectivity index (χ3v) is 4.82. The lowest BCUT2D eigenvalue weighted by molar-refractivity contribution is -0.144. The molecule has 0 atom stereocenters. The molecule has 8 nitrogen and oxygen atoms in total. The molecule has 1 aliphatic rings. The Morgan fingerprint density at radius 1 is 0.933 bits per heavy atom. The first kappa shape index (κ1) is 21.0. The van der Waals surface area contributed by atoms with Crippen molar-refractivity contribution in [2.24, 2.45) is 0 Å². The Morgan fingerprint density at radius 3 is 2.17 bits per heavy atom. The van der Waals surface area contributed by atoms with Crippen molar-refractivity contribution in [2.75, 3.05) is 20.1 Å². The molecule has 0 bridgehead atoms. The van der Waals surface area contributed by atoms with E-state index in [-0.39, 0.29) is 0 Å². The standard InChI is InChI=1S/C22H23N3O5/c1-3-24(19(26)14-25-21(28)20(27)23(2)22(25)29)13-16-9-11-18(12-10-16)30-15-17-7-5-4-6-8-17/h4-12H,3,13-15H2,1-2H3. The molecule has 156 valence electrons. The lowest BCUT2D eigenvalue weighted by atomic mass is 10.2. The van der Waals surface area contributed by atoms with E-state index in [2.05, 4.69) is 0 Å². The molecule has 0 unspecified atom stereocenters. The summed E-state index contributed by atoms with van der Waals surface area (Å²) in [6.45, 7) is 2.52. The molecular formula is C22H23N3O5. The minimum absolute atomic E-state index is 0.314. The molecule has 0 aliphatic carbocycles. The van der Waals surface area contributed by atoms with E-state index < -0.39 is 30.3 Å². The molecular weight excluding hydrogens is 386 g/mol. The number of amides is 5. The minimum Gasteiger partial charge on any atom is -0.489 e. The van der Waals surface area contributed by atoms with E-state index in [1.54, 1.807) is 6.92 Å². The molecule has 1 fully saturated rings. The van der Waals surface area contributed by atoms with Crippen molar-refractivity contribution in [3.05, 3.63) is 65.7 Å². The monoisotopic (exact) mass is 409 g/mol. The van der Waals surface area contributed by atoms with Crippen LogP contribution in [0.4, 0.5) is 4.79 Å². The summed E-state index contributed by atoms with van der Waals surface area (Å²) in [6.07, 6.45) is 0. The van der Waals surface area contributed by atoms with Gasteiger partial charge in [0.1, 0.15) is 18.9 Å². The highest BCUT2D eigenvalue weighted by atomic mass is 16.5. The van der Waals surface area contributed by atoms with Gasteiger partial charge < -0.3 is 9.64 Å². The normalized spacial score (nSPS) is 13.7. The number of hydrogen-bond acceptors (Lipinski definition) is 5. The smallest absolute Gasteiger partial charge is 0.334 e. The van der Waals surface area contributed by atoms with Crippen molar-refractivity contribution < 1.29 is 23.9 Å². The molecule has 0 radical (unpaired) electrons. The Kier molecular flexibility index (Phi) is 6.46. The number of benzene rings is 2. The van der Waals surface area contributed by atoms with Gasteiger partial charge in [0.05, 0.1) is 0 Å². The molecule has 0 N–H and O–H groups in total. The second-order valence-corrected chi connectivity index (χ2v) is 6.86. The van der Waals surface area contributed by atoms with Crippen molar-refractivity contribution >= 4 is 23.8 Å². The first-order valence-corrected chi connectivity index (χ1v) is 9.57. The van der Waals surface area contributed by atoms with Gasteiger partial charge in [-0.25, -0.2) is 9.69 Å². The van der Waals surface area contributed by atoms with Gasteiger partial charge in [0.25, 0.3) is 0 Å². The summed E-state index contributed by atoms with van der Waals surface area (Å²) in [5.41, 5.74) is 1.95. The molecule has 3 rings (SSSR count). The Hall–Kier alpha value is -3.68. The Bertz CT molecular complexity index is 943. The third-order valence-electron chi connectivity index (χ3n) is 4.82. The maximum Gasteiger partial charge on any atom is 0.334 e. The fourth-order valence-electron chi connectivity index (χ4n) is 3.02. The van der Waals surface area contributed by atoms with E-state index in [1.807, 2.05) is 54.6 Å². The minimum atomic E-state index is -0.980. The molecule has 1 aliphatic heterocycles. The van der Waals surface area contributed by atoms with Crippen LogP contribution in [0, 0.1) is 0 Å². The Labute approximate surface area is 174 Å². The summed E-state index contributed by atoms with van der Waals surface area (Å²) in [5, 5.41) is 0. The van der Waals surface area contributed by atoms with Gasteiger partial charge in [-0.1, -0.05) is 42.5 Å². The van der Waals surface area contributed by atoms with Crippen molar-refractivity contribution in [2.45, 2.75) is 20.1 Å². The van der Waals surface area contributed by atoms with Gasteiger partial charge >= 0.3 is 17.8 Å². The van der Waals surface area contributed by atoms with E-state index in [0.29, 0.717) is 35.2 Å². The fraction of sp³-hybridized carbons (Fsp3) is 0.273. The lowest BCUT2D eigenvalue weighted by Gasteiger charge is -2.23. The van der Waals surface area contributed by atoms with Crippen LogP contribution in [0.15, 0.2) is 54.6 Å². The van der Waals surface area contributed by atoms with Gasteiger partial charge in [-0.05, 0) is 30.2 Å². The van der Waals surface area contributed by atoms with Gasteiger partial charge in [0.15, 0.2) is 0 Å². The molecule has 2 aromatic carbocycles. The largest absolute Gasteiger partial charge is 0.489 e. The third kappa shape index (κ3) is 4.65. The zero-order valence-electron chi connectivity index (χ0n) is 16.9. The van der Waals surface area contributed by atoms with Gasteiger partial charge in [-0.2, -0.15) is 0 Å². The van der Waals surface area contributed by atoms with Gasteiger partial charge in [0.2, 0.25) is 5.91 Å². The van der Waals surface area contributed by atoms with Crippen LogP contribution < -0.4 is 4.74 Å². The highest BCUT2D eigenvalue weighted by molar-refractivity contribution is 6.44. The van der Waals surface area contributed by atoms with E-state index in [9.17, 15) is 19.2 Å². The Morgan fingerprint density at radius 2 is 1.60 bits per heavy atom. The van der Waals surface area contributed by atoms with Crippen molar-refractivity contribution in [3.63, 3.8) is 0 Å². The first-order valence-electron chi connectivity index (χ1n) is 9.57. The van der Waals surface area contributed by atoms with Crippen molar-refractivity contribution in [1.29, 1.82) is 0 Å². The number of imide groups is 2. The van der Waals surface area contributed by atoms with Crippen LogP contribution in [0.25, 0.3) is 0 Å². The predicted octanol–water partition coefficient (Wildman–Crippen LogP) is 2.03. The molecule has 0 aromatic heterocycles. The zero-order chi connectivity index (χ0) is 21.7. The quantitative estimate of drug-likeness (QED) is 0.492. The molecule has 5 amide bonds. The summed E-state index contributed by atoms with van der Waals surface area (Å²) < 4.78 is 5.76. The summed E-state index contributed by atoms with van der Waals surface area (Å²) in [6, 6.07) is 16.4. The van der Waals surface area contributed by atoms with Crippen LogP contribution >= 0.6 is 0 Å². The van der Waals surface area contributed by atoms with Crippen molar-refractivity contribution in [3.8, 4) is 5.75 Å². The van der Waals surface area contributed by atoms with Crippen LogP contribution in [-0.2, 0) is 27.5 Å². The molecule has 0 spiro atoms. The number of carbonyl (C=O) groups is 4. The highest BCUT2D eigenvalue weighted by Crippen LogP contribution is 2.16. The van der Waals surface area contributed by atoms with Crippen LogP contribution in [0.5, 0.6) is 5.75 Å². The second kappa shape index (κ2) is 9.21. The molecule has 2 aromatic rings. The topological polar surface area (TPSA) is 87.2 Å². The molecule has 8 heteroatoms. The first-order chi connectivity index (χ1) is 14.4.